The molecule has 10 heteroatoms. The van der Waals surface area contributed by atoms with Crippen molar-refractivity contribution in [2.75, 3.05) is 50.3 Å². The topological polar surface area (TPSA) is 78.3 Å². The number of ketones is 1. The van der Waals surface area contributed by atoms with E-state index in [1.54, 1.807) is 12.1 Å². The molecule has 1 saturated heterocycles. The molecule has 2 aromatic rings. The number of piperidine rings is 1. The van der Waals surface area contributed by atoms with E-state index < -0.39 is 5.82 Å². The summed E-state index contributed by atoms with van der Waals surface area (Å²) in [5, 5.41) is 9.16. The molecule has 1 heterocycles. The van der Waals surface area contributed by atoms with Crippen molar-refractivity contribution in [3.63, 3.8) is 0 Å². The molecule has 1 aliphatic heterocycles. The van der Waals surface area contributed by atoms with Crippen molar-refractivity contribution in [3.8, 4) is 6.07 Å². The van der Waals surface area contributed by atoms with Gasteiger partial charge in [0.1, 0.15) is 11.9 Å². The molecule has 0 unspecified atom stereocenters. The highest BCUT2D eigenvalue weighted by atomic mass is 32.1. The summed E-state index contributed by atoms with van der Waals surface area (Å²) in [4.78, 5) is 26.6. The number of anilines is 2. The number of rotatable bonds is 14. The SMILES string of the molecule is CC/C=C(/C=C(/c1ccc(C#N)c(F)c1)N(C)c1ccc(N2CCC(OCCCON(S)OC)CC2)cc1)C(C)=O. The molecule has 0 N–H and O–H groups in total. The largest absolute Gasteiger partial charge is 0.378 e. The Morgan fingerprint density at radius 2 is 1.90 bits per heavy atom. The van der Waals surface area contributed by atoms with E-state index in [4.69, 9.17) is 19.7 Å². The van der Waals surface area contributed by atoms with Crippen molar-refractivity contribution in [1.29, 1.82) is 5.26 Å². The molecule has 2 aromatic carbocycles. The number of Topliss-reactive ketones (excluding diaryl/α,β-unsaturated/α-hetero) is 1. The third kappa shape index (κ3) is 9.42. The molecule has 1 aliphatic rings. The van der Waals surface area contributed by atoms with Crippen LogP contribution in [0.4, 0.5) is 15.8 Å². The second kappa shape index (κ2) is 16.3. The average Bonchev–Trinajstić information content (AvgIpc) is 2.99. The molecular formula is C31H39FN4O4S. The number of halogens is 1. The summed E-state index contributed by atoms with van der Waals surface area (Å²) < 4.78 is 21.6. The van der Waals surface area contributed by atoms with Gasteiger partial charge in [0.05, 0.1) is 25.4 Å². The van der Waals surface area contributed by atoms with Gasteiger partial charge in [-0.15, -0.1) is 0 Å². The summed E-state index contributed by atoms with van der Waals surface area (Å²) in [5.41, 5.74) is 3.76. The first-order chi connectivity index (χ1) is 19.8. The predicted molar refractivity (Wildman–Crippen MR) is 163 cm³/mol. The molecule has 0 aliphatic carbocycles. The Morgan fingerprint density at radius 3 is 2.49 bits per heavy atom. The van der Waals surface area contributed by atoms with E-state index in [9.17, 15) is 9.18 Å². The van der Waals surface area contributed by atoms with Crippen LogP contribution in [-0.4, -0.2) is 57.0 Å². The number of thiol groups is 1. The van der Waals surface area contributed by atoms with Crippen LogP contribution in [0.1, 0.15) is 50.7 Å². The highest BCUT2D eigenvalue weighted by molar-refractivity contribution is 7.77. The summed E-state index contributed by atoms with van der Waals surface area (Å²) >= 11 is 3.96. The lowest BCUT2D eigenvalue weighted by Gasteiger charge is -2.34. The van der Waals surface area contributed by atoms with Gasteiger partial charge in [0.15, 0.2) is 5.78 Å². The molecule has 3 rings (SSSR count). The third-order valence-electron chi connectivity index (χ3n) is 6.91. The number of allylic oxidation sites excluding steroid dienone is 3. The van der Waals surface area contributed by atoms with Crippen LogP contribution in [0, 0.1) is 17.1 Å². The van der Waals surface area contributed by atoms with Crippen molar-refractivity contribution in [2.45, 2.75) is 45.6 Å². The normalized spacial score (nSPS) is 14.8. The summed E-state index contributed by atoms with van der Waals surface area (Å²) in [7, 11) is 3.37. The fraction of sp³-hybridized carbons (Fsp3) is 0.419. The van der Waals surface area contributed by atoms with E-state index >= 15 is 0 Å². The van der Waals surface area contributed by atoms with Crippen LogP contribution in [0.25, 0.3) is 5.70 Å². The first-order valence-corrected chi connectivity index (χ1v) is 14.2. The average molecular weight is 583 g/mol. The second-order valence-corrected chi connectivity index (χ2v) is 10.0. The van der Waals surface area contributed by atoms with E-state index in [0.29, 0.717) is 36.5 Å². The van der Waals surface area contributed by atoms with Gasteiger partial charge in [-0.3, -0.25) is 14.5 Å². The maximum atomic E-state index is 14.6. The van der Waals surface area contributed by atoms with Crippen LogP contribution in [0.15, 0.2) is 60.2 Å². The van der Waals surface area contributed by atoms with Gasteiger partial charge in [-0.25, -0.2) is 4.39 Å². The third-order valence-corrected chi connectivity index (χ3v) is 7.19. The quantitative estimate of drug-likeness (QED) is 0.0939. The zero-order valence-electron chi connectivity index (χ0n) is 24.2. The number of benzene rings is 2. The molecule has 1 fully saturated rings. The first-order valence-electron chi connectivity index (χ1n) is 13.8. The van der Waals surface area contributed by atoms with Crippen molar-refractivity contribution in [3.05, 3.63) is 77.1 Å². The van der Waals surface area contributed by atoms with Gasteiger partial charge >= 0.3 is 0 Å². The molecule has 8 nitrogen and oxygen atoms in total. The second-order valence-electron chi connectivity index (χ2n) is 9.70. The Hall–Kier alpha value is -3.20. The first kappa shape index (κ1) is 32.3. The number of nitrogens with zero attached hydrogens (tertiary/aromatic N) is 4. The molecule has 0 atom stereocenters. The molecule has 0 radical (unpaired) electrons. The smallest absolute Gasteiger partial charge is 0.159 e. The minimum absolute atomic E-state index is 0.0221. The monoisotopic (exact) mass is 582 g/mol. The van der Waals surface area contributed by atoms with Crippen molar-refractivity contribution in [1.82, 2.24) is 4.63 Å². The lowest BCUT2D eigenvalue weighted by atomic mass is 10.0. The number of carbonyl (C=O) groups is 1. The number of nitriles is 1. The Kier molecular flexibility index (Phi) is 12.8. The van der Waals surface area contributed by atoms with Gasteiger partial charge in [-0.05, 0) is 92.5 Å². The fourth-order valence-corrected chi connectivity index (χ4v) is 4.70. The minimum atomic E-state index is -0.598. The molecule has 0 amide bonds. The van der Waals surface area contributed by atoms with Crippen LogP contribution in [0.5, 0.6) is 0 Å². The van der Waals surface area contributed by atoms with Gasteiger partial charge in [-0.1, -0.05) is 19.1 Å². The van der Waals surface area contributed by atoms with E-state index in [0.717, 1.165) is 48.4 Å². The number of carbonyl (C=O) groups excluding carboxylic acids is 1. The Balaban J connectivity index is 1.68. The predicted octanol–water partition coefficient (Wildman–Crippen LogP) is 6.12. The minimum Gasteiger partial charge on any atom is -0.378 e. The van der Waals surface area contributed by atoms with Crippen molar-refractivity contribution in [2.24, 2.45) is 0 Å². The number of hydrogen-bond acceptors (Lipinski definition) is 9. The molecule has 0 spiro atoms. The number of hydrogen-bond donors (Lipinski definition) is 1. The van der Waals surface area contributed by atoms with Gasteiger partial charge in [0, 0.05) is 55.0 Å². The van der Waals surface area contributed by atoms with E-state index in [-0.39, 0.29) is 17.5 Å². The van der Waals surface area contributed by atoms with E-state index in [2.05, 4.69) is 29.8 Å². The highest BCUT2D eigenvalue weighted by Crippen LogP contribution is 2.30. The van der Waals surface area contributed by atoms with Crippen LogP contribution >= 0.6 is 12.8 Å². The van der Waals surface area contributed by atoms with Gasteiger partial charge in [0.25, 0.3) is 0 Å². The Morgan fingerprint density at radius 1 is 1.20 bits per heavy atom. The molecule has 41 heavy (non-hydrogen) atoms. The fourth-order valence-electron chi connectivity index (χ4n) is 4.62. The van der Waals surface area contributed by atoms with Gasteiger partial charge in [-0.2, -0.15) is 5.26 Å². The molecular weight excluding hydrogens is 543 g/mol. The van der Waals surface area contributed by atoms with Gasteiger partial charge < -0.3 is 14.5 Å². The molecule has 0 bridgehead atoms. The lowest BCUT2D eigenvalue weighted by molar-refractivity contribution is -0.278. The zero-order valence-corrected chi connectivity index (χ0v) is 25.1. The standard InChI is InChI=1S/C31H39FN4O4S/c1-5-7-24(23(2)37)21-31(25-8-9-26(22-33)30(32)20-25)34(3)27-10-12-28(13-11-27)35-16-14-29(15-17-35)39-18-6-19-40-36(41)38-4/h7-13,20-21,29,41H,5-6,14-19H2,1-4H3/b24-7-,31-21-. The summed E-state index contributed by atoms with van der Waals surface area (Å²) in [6.07, 6.45) is 7.18. The van der Waals surface area contributed by atoms with Crippen LogP contribution in [0.2, 0.25) is 0 Å². The maximum Gasteiger partial charge on any atom is 0.159 e. The van der Waals surface area contributed by atoms with Crippen molar-refractivity contribution >= 4 is 35.7 Å². The van der Waals surface area contributed by atoms with Crippen LogP contribution in [0.3, 0.4) is 0 Å². The van der Waals surface area contributed by atoms with Crippen LogP contribution < -0.4 is 9.80 Å². The summed E-state index contributed by atoms with van der Waals surface area (Å²) in [5.74, 6) is -0.669. The number of ether oxygens (including phenoxy) is 1. The molecule has 0 saturated carbocycles. The van der Waals surface area contributed by atoms with E-state index in [1.807, 2.05) is 43.1 Å². The molecule has 0 aromatic heterocycles. The Bertz CT molecular complexity index is 1250. The lowest BCUT2D eigenvalue weighted by Crippen LogP contribution is -2.37. The summed E-state index contributed by atoms with van der Waals surface area (Å²) in [6, 6.07) is 14.6. The van der Waals surface area contributed by atoms with E-state index in [1.165, 1.54) is 26.2 Å². The van der Waals surface area contributed by atoms with Crippen LogP contribution in [-0.2, 0) is 19.2 Å². The molecule has 220 valence electrons. The summed E-state index contributed by atoms with van der Waals surface area (Å²) in [6.45, 7) is 6.36. The maximum absolute atomic E-state index is 14.6. The highest BCUT2D eigenvalue weighted by Gasteiger charge is 2.21. The van der Waals surface area contributed by atoms with Crippen molar-refractivity contribution < 1.29 is 23.6 Å². The Labute approximate surface area is 248 Å². The zero-order chi connectivity index (χ0) is 29.8. The van der Waals surface area contributed by atoms with Gasteiger partial charge in [0.2, 0.25) is 0 Å².